The van der Waals surface area contributed by atoms with E-state index in [-0.39, 0.29) is 23.7 Å². The minimum atomic E-state index is -0.338. The standard InChI is InChI=1S/C17H20FNO/c1-11-6-4-5-7-15(11)12(2)19-13(3)16-10-14(18)8-9-17(16)20/h4-10,12-13,19-20H,1-3H3. The van der Waals surface area contributed by atoms with Crippen LogP contribution in [0.25, 0.3) is 0 Å². The molecule has 0 radical (unpaired) electrons. The lowest BCUT2D eigenvalue weighted by Gasteiger charge is -2.22. The monoisotopic (exact) mass is 273 g/mol. The number of aryl methyl sites for hydroxylation is 1. The fourth-order valence-electron chi connectivity index (χ4n) is 2.50. The van der Waals surface area contributed by atoms with Crippen molar-refractivity contribution in [3.05, 3.63) is 65.0 Å². The van der Waals surface area contributed by atoms with Crippen LogP contribution in [0, 0.1) is 12.7 Å². The van der Waals surface area contributed by atoms with Gasteiger partial charge in [-0.05, 0) is 50.1 Å². The molecule has 0 aliphatic rings. The summed E-state index contributed by atoms with van der Waals surface area (Å²) >= 11 is 0. The second-order valence-electron chi connectivity index (χ2n) is 5.17. The van der Waals surface area contributed by atoms with E-state index >= 15 is 0 Å². The van der Waals surface area contributed by atoms with Crippen molar-refractivity contribution in [2.24, 2.45) is 0 Å². The number of nitrogens with one attached hydrogen (secondary N) is 1. The number of benzene rings is 2. The molecule has 0 saturated carbocycles. The Hall–Kier alpha value is -1.87. The van der Waals surface area contributed by atoms with Gasteiger partial charge in [0.05, 0.1) is 0 Å². The summed E-state index contributed by atoms with van der Waals surface area (Å²) in [6.45, 7) is 6.05. The first kappa shape index (κ1) is 14.5. The van der Waals surface area contributed by atoms with E-state index in [1.807, 2.05) is 19.1 Å². The summed E-state index contributed by atoms with van der Waals surface area (Å²) in [4.78, 5) is 0. The van der Waals surface area contributed by atoms with Crippen LogP contribution in [0.15, 0.2) is 42.5 Å². The largest absolute Gasteiger partial charge is 0.508 e. The first-order valence-electron chi connectivity index (χ1n) is 6.79. The van der Waals surface area contributed by atoms with E-state index in [4.69, 9.17) is 0 Å². The summed E-state index contributed by atoms with van der Waals surface area (Å²) in [6.07, 6.45) is 0. The van der Waals surface area contributed by atoms with Gasteiger partial charge in [-0.2, -0.15) is 0 Å². The lowest BCUT2D eigenvalue weighted by molar-refractivity contribution is 0.435. The Morgan fingerprint density at radius 3 is 2.35 bits per heavy atom. The van der Waals surface area contributed by atoms with Crippen molar-refractivity contribution < 1.29 is 9.50 Å². The quantitative estimate of drug-likeness (QED) is 0.872. The van der Waals surface area contributed by atoms with Crippen LogP contribution < -0.4 is 5.32 Å². The third-order valence-electron chi connectivity index (χ3n) is 3.61. The van der Waals surface area contributed by atoms with E-state index in [0.29, 0.717) is 5.56 Å². The summed E-state index contributed by atoms with van der Waals surface area (Å²) < 4.78 is 13.3. The molecule has 2 rings (SSSR count). The molecule has 0 bridgehead atoms. The molecular weight excluding hydrogens is 253 g/mol. The average molecular weight is 273 g/mol. The van der Waals surface area contributed by atoms with Gasteiger partial charge in [0.2, 0.25) is 0 Å². The second kappa shape index (κ2) is 6.06. The van der Waals surface area contributed by atoms with Gasteiger partial charge in [0.25, 0.3) is 0 Å². The number of aromatic hydroxyl groups is 1. The minimum absolute atomic E-state index is 0.114. The number of hydrogen-bond donors (Lipinski definition) is 2. The zero-order valence-corrected chi connectivity index (χ0v) is 12.0. The molecule has 0 amide bonds. The Morgan fingerprint density at radius 2 is 1.65 bits per heavy atom. The maximum Gasteiger partial charge on any atom is 0.123 e. The zero-order valence-electron chi connectivity index (χ0n) is 12.0. The van der Waals surface area contributed by atoms with Crippen molar-refractivity contribution in [2.45, 2.75) is 32.9 Å². The lowest BCUT2D eigenvalue weighted by atomic mass is 10.00. The topological polar surface area (TPSA) is 32.3 Å². The van der Waals surface area contributed by atoms with Crippen LogP contribution in [0.1, 0.15) is 42.6 Å². The van der Waals surface area contributed by atoms with E-state index in [9.17, 15) is 9.50 Å². The number of rotatable bonds is 4. The molecule has 20 heavy (non-hydrogen) atoms. The van der Waals surface area contributed by atoms with Crippen molar-refractivity contribution in [1.29, 1.82) is 0 Å². The van der Waals surface area contributed by atoms with Gasteiger partial charge in [-0.15, -0.1) is 0 Å². The number of halogens is 1. The summed E-state index contributed by atoms with van der Waals surface area (Å²) in [6, 6.07) is 12.2. The number of phenolic OH excluding ortho intramolecular Hbond substituents is 1. The van der Waals surface area contributed by atoms with Gasteiger partial charge in [0.15, 0.2) is 0 Å². The van der Waals surface area contributed by atoms with Crippen molar-refractivity contribution in [3.63, 3.8) is 0 Å². The van der Waals surface area contributed by atoms with Crippen molar-refractivity contribution in [2.75, 3.05) is 0 Å². The molecule has 106 valence electrons. The van der Waals surface area contributed by atoms with E-state index in [1.54, 1.807) is 0 Å². The van der Waals surface area contributed by atoms with Crippen molar-refractivity contribution in [1.82, 2.24) is 5.32 Å². The normalized spacial score (nSPS) is 14.0. The van der Waals surface area contributed by atoms with Crippen LogP contribution in [0.4, 0.5) is 4.39 Å². The highest BCUT2D eigenvalue weighted by Gasteiger charge is 2.15. The fourth-order valence-corrected chi connectivity index (χ4v) is 2.50. The summed E-state index contributed by atoms with van der Waals surface area (Å²) in [5, 5.41) is 13.2. The molecule has 0 fully saturated rings. The summed E-state index contributed by atoms with van der Waals surface area (Å²) in [5.74, 6) is -0.224. The SMILES string of the molecule is Cc1ccccc1C(C)NC(C)c1cc(F)ccc1O. The highest BCUT2D eigenvalue weighted by atomic mass is 19.1. The van der Waals surface area contributed by atoms with Gasteiger partial charge < -0.3 is 10.4 Å². The lowest BCUT2D eigenvalue weighted by Crippen LogP contribution is -2.23. The van der Waals surface area contributed by atoms with Crippen LogP contribution in [-0.2, 0) is 0 Å². The van der Waals surface area contributed by atoms with Gasteiger partial charge in [-0.3, -0.25) is 0 Å². The van der Waals surface area contributed by atoms with E-state index in [2.05, 4.69) is 31.3 Å². The molecule has 2 atom stereocenters. The molecule has 0 spiro atoms. The molecule has 2 unspecified atom stereocenters. The van der Waals surface area contributed by atoms with Crippen LogP contribution in [-0.4, -0.2) is 5.11 Å². The maximum atomic E-state index is 13.3. The van der Waals surface area contributed by atoms with E-state index < -0.39 is 0 Å². The Kier molecular flexibility index (Phi) is 4.40. The zero-order chi connectivity index (χ0) is 14.7. The van der Waals surface area contributed by atoms with Gasteiger partial charge >= 0.3 is 0 Å². The predicted octanol–water partition coefficient (Wildman–Crippen LogP) is 4.25. The molecule has 2 aromatic rings. The van der Waals surface area contributed by atoms with Crippen molar-refractivity contribution >= 4 is 0 Å². The first-order chi connectivity index (χ1) is 9.49. The second-order valence-corrected chi connectivity index (χ2v) is 5.17. The van der Waals surface area contributed by atoms with Crippen LogP contribution in [0.3, 0.4) is 0 Å². The molecule has 3 heteroatoms. The molecule has 0 heterocycles. The Balaban J connectivity index is 2.17. The smallest absolute Gasteiger partial charge is 0.123 e. The third kappa shape index (κ3) is 3.17. The highest BCUT2D eigenvalue weighted by Crippen LogP contribution is 2.27. The van der Waals surface area contributed by atoms with Crippen LogP contribution in [0.2, 0.25) is 0 Å². The summed E-state index contributed by atoms with van der Waals surface area (Å²) in [5.41, 5.74) is 2.99. The third-order valence-corrected chi connectivity index (χ3v) is 3.61. The van der Waals surface area contributed by atoms with Gasteiger partial charge in [0.1, 0.15) is 11.6 Å². The first-order valence-corrected chi connectivity index (χ1v) is 6.79. The Bertz CT molecular complexity index is 597. The fraction of sp³-hybridized carbons (Fsp3) is 0.294. The van der Waals surface area contributed by atoms with E-state index in [1.165, 1.54) is 29.3 Å². The number of phenols is 1. The minimum Gasteiger partial charge on any atom is -0.508 e. The van der Waals surface area contributed by atoms with E-state index in [0.717, 1.165) is 0 Å². The predicted molar refractivity (Wildman–Crippen MR) is 79.2 cm³/mol. The van der Waals surface area contributed by atoms with Crippen LogP contribution >= 0.6 is 0 Å². The average Bonchev–Trinajstić information content (AvgIpc) is 2.41. The molecule has 2 aromatic carbocycles. The van der Waals surface area contributed by atoms with Crippen LogP contribution in [0.5, 0.6) is 5.75 Å². The van der Waals surface area contributed by atoms with Gasteiger partial charge in [-0.1, -0.05) is 24.3 Å². The summed E-state index contributed by atoms with van der Waals surface area (Å²) in [7, 11) is 0. The Morgan fingerprint density at radius 1 is 1.00 bits per heavy atom. The molecule has 0 aliphatic carbocycles. The molecule has 2 N–H and O–H groups in total. The van der Waals surface area contributed by atoms with Gasteiger partial charge in [-0.25, -0.2) is 4.39 Å². The van der Waals surface area contributed by atoms with Gasteiger partial charge in [0, 0.05) is 17.6 Å². The molecule has 2 nitrogen and oxygen atoms in total. The highest BCUT2D eigenvalue weighted by molar-refractivity contribution is 5.35. The molecular formula is C17H20FNO. The molecule has 0 aliphatic heterocycles. The molecule has 0 saturated heterocycles. The van der Waals surface area contributed by atoms with Crippen molar-refractivity contribution in [3.8, 4) is 5.75 Å². The maximum absolute atomic E-state index is 13.3. The number of hydrogen-bond acceptors (Lipinski definition) is 2. The Labute approximate surface area is 119 Å². The molecule has 0 aromatic heterocycles.